The summed E-state index contributed by atoms with van der Waals surface area (Å²) in [4.78, 5) is 0. The first-order valence-electron chi connectivity index (χ1n) is 4.71. The van der Waals surface area contributed by atoms with Gasteiger partial charge in [-0.25, -0.2) is 0 Å². The molecule has 0 saturated heterocycles. The van der Waals surface area contributed by atoms with Gasteiger partial charge < -0.3 is 0 Å². The molecule has 0 saturated carbocycles. The zero-order valence-electron chi connectivity index (χ0n) is 8.46. The van der Waals surface area contributed by atoms with E-state index in [-0.39, 0.29) is 0 Å². The lowest BCUT2D eigenvalue weighted by atomic mass is 9.92. The molecule has 0 N–H and O–H groups in total. The third-order valence-corrected chi connectivity index (χ3v) is 3.00. The molecule has 1 rings (SSSR count). The average molecular weight is 182 g/mol. The lowest BCUT2D eigenvalue weighted by Gasteiger charge is -2.17. The molecule has 2 unspecified atom stereocenters. The Balaban J connectivity index is 2.96. The Morgan fingerprint density at radius 1 is 1.17 bits per heavy atom. The average Bonchev–Trinajstić information content (AvgIpc) is 2.30. The summed E-state index contributed by atoms with van der Waals surface area (Å²) < 4.78 is 0. The maximum absolute atomic E-state index is 2.90. The third kappa shape index (κ3) is 1.80. The van der Waals surface area contributed by atoms with Crippen LogP contribution in [0.15, 0.2) is 23.3 Å². The lowest BCUT2D eigenvalue weighted by Crippen LogP contribution is -2.06. The molecule has 0 aromatic carbocycles. The monoisotopic (exact) mass is 182 g/mol. The van der Waals surface area contributed by atoms with Crippen LogP contribution in [0.5, 0.6) is 0 Å². The van der Waals surface area contributed by atoms with Gasteiger partial charge in [0.15, 0.2) is 0 Å². The van der Waals surface area contributed by atoms with Crippen LogP contribution in [-0.2, 0) is 0 Å². The minimum absolute atomic E-state index is 0.586. The molecule has 0 fully saturated rings. The van der Waals surface area contributed by atoms with Gasteiger partial charge in [0, 0.05) is 5.66 Å². The van der Waals surface area contributed by atoms with Crippen molar-refractivity contribution in [3.63, 3.8) is 0 Å². The Hall–Kier alpha value is -0.0900. The first-order chi connectivity index (χ1) is 5.54. The first-order valence-corrected chi connectivity index (χ1v) is 5.38. The van der Waals surface area contributed by atoms with Crippen LogP contribution in [0.4, 0.5) is 0 Å². The highest BCUT2D eigenvalue weighted by molar-refractivity contribution is 7.18. The van der Waals surface area contributed by atoms with Crippen molar-refractivity contribution < 1.29 is 0 Å². The summed E-state index contributed by atoms with van der Waals surface area (Å²) in [5.74, 6) is 1.35. The molecule has 0 aromatic heterocycles. The van der Waals surface area contributed by atoms with Gasteiger partial charge in [-0.2, -0.15) is 0 Å². The van der Waals surface area contributed by atoms with Gasteiger partial charge >= 0.3 is 0 Å². The van der Waals surface area contributed by atoms with Gasteiger partial charge in [-0.1, -0.05) is 45.4 Å². The summed E-state index contributed by atoms with van der Waals surface area (Å²) in [6.07, 6.45) is 4.58. The maximum Gasteiger partial charge on any atom is 0.0134 e. The van der Waals surface area contributed by atoms with E-state index in [0.717, 1.165) is 0 Å². The van der Waals surface area contributed by atoms with Gasteiger partial charge in [0.1, 0.15) is 0 Å². The van der Waals surface area contributed by atoms with E-state index < -0.39 is 0 Å². The molecule has 2 atom stereocenters. The largest absolute Gasteiger partial charge is 0.126 e. The minimum Gasteiger partial charge on any atom is -0.126 e. The normalized spacial score (nSPS) is 23.4. The van der Waals surface area contributed by atoms with Crippen LogP contribution in [0, 0.1) is 11.8 Å². The molecule has 0 amide bonds. The molecule has 1 aliphatic carbocycles. The fraction of sp³-hybridized carbons (Fsp3) is 0.636. The Morgan fingerprint density at radius 3 is 2.08 bits per heavy atom. The van der Waals surface area contributed by atoms with Gasteiger partial charge in [-0.3, -0.25) is 0 Å². The van der Waals surface area contributed by atoms with Crippen LogP contribution in [0.2, 0.25) is 0 Å². The molecule has 0 heterocycles. The highest BCUT2D eigenvalue weighted by atomic mass is 31.0. The summed E-state index contributed by atoms with van der Waals surface area (Å²) in [5, 5.41) is 0. The maximum atomic E-state index is 2.90. The fourth-order valence-electron chi connectivity index (χ4n) is 1.84. The number of hydrogen-bond donors (Lipinski definition) is 0. The standard InChI is InChI=1S/C11H19P/c1-7(2)9-5-6-10(12)11(9)8(3)4/h5-8,10H,12H2,1-4H3. The fourth-order valence-corrected chi connectivity index (χ4v) is 2.53. The Morgan fingerprint density at radius 2 is 1.75 bits per heavy atom. The van der Waals surface area contributed by atoms with Crippen LogP contribution in [-0.4, -0.2) is 5.66 Å². The number of rotatable bonds is 2. The van der Waals surface area contributed by atoms with E-state index in [4.69, 9.17) is 0 Å². The smallest absolute Gasteiger partial charge is 0.0134 e. The van der Waals surface area contributed by atoms with Crippen molar-refractivity contribution in [3.05, 3.63) is 23.3 Å². The zero-order valence-corrected chi connectivity index (χ0v) is 9.62. The van der Waals surface area contributed by atoms with Crippen LogP contribution < -0.4 is 0 Å². The summed E-state index contributed by atoms with van der Waals surface area (Å²) in [7, 11) is 2.90. The van der Waals surface area contributed by atoms with E-state index in [9.17, 15) is 0 Å². The van der Waals surface area contributed by atoms with Gasteiger partial charge in [0.2, 0.25) is 0 Å². The van der Waals surface area contributed by atoms with E-state index in [1.165, 1.54) is 0 Å². The minimum atomic E-state index is 0.586. The Bertz CT molecular complexity index is 221. The third-order valence-electron chi connectivity index (χ3n) is 2.42. The molecule has 68 valence electrons. The van der Waals surface area contributed by atoms with Crippen molar-refractivity contribution in [3.8, 4) is 0 Å². The van der Waals surface area contributed by atoms with E-state index in [2.05, 4.69) is 49.1 Å². The predicted octanol–water partition coefficient (Wildman–Crippen LogP) is 3.41. The lowest BCUT2D eigenvalue weighted by molar-refractivity contribution is 0.705. The van der Waals surface area contributed by atoms with Crippen molar-refractivity contribution in [1.29, 1.82) is 0 Å². The molecule has 0 spiro atoms. The van der Waals surface area contributed by atoms with Crippen LogP contribution in [0.3, 0.4) is 0 Å². The second-order valence-corrected chi connectivity index (χ2v) is 4.82. The molecular weight excluding hydrogens is 163 g/mol. The highest BCUT2D eigenvalue weighted by Crippen LogP contribution is 2.34. The Kier molecular flexibility index (Phi) is 3.12. The number of hydrogen-bond acceptors (Lipinski definition) is 0. The van der Waals surface area contributed by atoms with E-state index in [1.807, 2.05) is 0 Å². The molecule has 0 aromatic rings. The predicted molar refractivity (Wildman–Crippen MR) is 59.3 cm³/mol. The van der Waals surface area contributed by atoms with E-state index in [1.54, 1.807) is 11.1 Å². The summed E-state index contributed by atoms with van der Waals surface area (Å²) in [5.41, 5.74) is 3.74. The number of allylic oxidation sites excluding steroid dienone is 4. The van der Waals surface area contributed by atoms with E-state index in [0.29, 0.717) is 17.5 Å². The van der Waals surface area contributed by atoms with Gasteiger partial charge in [0.25, 0.3) is 0 Å². The quantitative estimate of drug-likeness (QED) is 0.574. The molecule has 12 heavy (non-hydrogen) atoms. The van der Waals surface area contributed by atoms with Crippen molar-refractivity contribution in [2.75, 3.05) is 0 Å². The van der Waals surface area contributed by atoms with Crippen molar-refractivity contribution in [2.24, 2.45) is 11.8 Å². The molecular formula is C11H19P. The van der Waals surface area contributed by atoms with Crippen molar-refractivity contribution in [2.45, 2.75) is 33.4 Å². The Labute approximate surface area is 78.3 Å². The SMILES string of the molecule is CC(C)C1=C(C(C)C)C(P)C=C1. The van der Waals surface area contributed by atoms with Crippen molar-refractivity contribution >= 4 is 9.24 Å². The summed E-state index contributed by atoms with van der Waals surface area (Å²) in [6.45, 7) is 9.10. The molecule has 0 radical (unpaired) electrons. The topological polar surface area (TPSA) is 0 Å². The van der Waals surface area contributed by atoms with Crippen LogP contribution >= 0.6 is 9.24 Å². The summed E-state index contributed by atoms with van der Waals surface area (Å²) >= 11 is 0. The van der Waals surface area contributed by atoms with Gasteiger partial charge in [-0.15, -0.1) is 9.24 Å². The first kappa shape index (κ1) is 9.99. The second-order valence-electron chi connectivity index (χ2n) is 4.10. The second kappa shape index (κ2) is 3.75. The van der Waals surface area contributed by atoms with Gasteiger partial charge in [-0.05, 0) is 17.4 Å². The van der Waals surface area contributed by atoms with Gasteiger partial charge in [0.05, 0.1) is 0 Å². The highest BCUT2D eigenvalue weighted by Gasteiger charge is 2.20. The van der Waals surface area contributed by atoms with Crippen LogP contribution in [0.1, 0.15) is 27.7 Å². The summed E-state index contributed by atoms with van der Waals surface area (Å²) in [6, 6.07) is 0. The molecule has 0 bridgehead atoms. The zero-order chi connectivity index (χ0) is 9.30. The van der Waals surface area contributed by atoms with E-state index >= 15 is 0 Å². The molecule has 1 aliphatic rings. The molecule has 1 heteroatoms. The molecule has 0 aliphatic heterocycles. The van der Waals surface area contributed by atoms with Crippen LogP contribution in [0.25, 0.3) is 0 Å². The molecule has 0 nitrogen and oxygen atoms in total. The van der Waals surface area contributed by atoms with Crippen molar-refractivity contribution in [1.82, 2.24) is 0 Å².